The van der Waals surface area contributed by atoms with Gasteiger partial charge in [0.25, 0.3) is 0 Å². The first-order valence-corrected chi connectivity index (χ1v) is 10.2. The molecule has 2 saturated carbocycles. The zero-order valence-electron chi connectivity index (χ0n) is 15.4. The van der Waals surface area contributed by atoms with Gasteiger partial charge < -0.3 is 4.90 Å². The van der Waals surface area contributed by atoms with Gasteiger partial charge in [-0.2, -0.15) is 17.9 Å². The number of hydrogen-bond donors (Lipinski definition) is 0. The Morgan fingerprint density at radius 1 is 1.32 bits per heavy atom. The quantitative estimate of drug-likeness (QED) is 0.735. The van der Waals surface area contributed by atoms with Crippen LogP contribution in [0.2, 0.25) is 0 Å². The molecule has 9 heteroatoms. The summed E-state index contributed by atoms with van der Waals surface area (Å²) in [7, 11) is 1.53. The second-order valence-corrected chi connectivity index (χ2v) is 8.85. The van der Waals surface area contributed by atoms with E-state index in [-0.39, 0.29) is 6.54 Å². The van der Waals surface area contributed by atoms with E-state index in [4.69, 9.17) is 0 Å². The average molecular weight is 410 g/mol. The SMILES string of the molecule is CN(Cc1cccc(C(F)(F)F)c1)C(=O)n1cnc(S[C@@H]2C[C@@H]3CC[C@@H]2C3)n1. The van der Waals surface area contributed by atoms with Crippen molar-refractivity contribution in [1.29, 1.82) is 0 Å². The number of aromatic nitrogens is 3. The molecule has 150 valence electrons. The van der Waals surface area contributed by atoms with Crippen LogP contribution in [-0.4, -0.2) is 38.0 Å². The first-order valence-electron chi connectivity index (χ1n) is 9.29. The van der Waals surface area contributed by atoms with Crippen molar-refractivity contribution in [2.45, 2.75) is 48.8 Å². The molecule has 28 heavy (non-hydrogen) atoms. The van der Waals surface area contributed by atoms with E-state index in [9.17, 15) is 18.0 Å². The maximum Gasteiger partial charge on any atom is 0.416 e. The predicted octanol–water partition coefficient (Wildman–Crippen LogP) is 4.68. The third kappa shape index (κ3) is 4.04. The van der Waals surface area contributed by atoms with E-state index in [0.717, 1.165) is 28.7 Å². The Morgan fingerprint density at radius 3 is 2.82 bits per heavy atom. The Morgan fingerprint density at radius 2 is 2.14 bits per heavy atom. The number of alkyl halides is 3. The number of fused-ring (bicyclic) bond motifs is 2. The van der Waals surface area contributed by atoms with Crippen molar-refractivity contribution in [3.8, 4) is 0 Å². The molecule has 0 N–H and O–H groups in total. The summed E-state index contributed by atoms with van der Waals surface area (Å²) in [6, 6.07) is 4.56. The molecule has 0 unspecified atom stereocenters. The minimum Gasteiger partial charge on any atom is -0.322 e. The highest BCUT2D eigenvalue weighted by Crippen LogP contribution is 2.50. The highest BCUT2D eigenvalue weighted by atomic mass is 32.2. The molecule has 1 heterocycles. The molecule has 0 spiro atoms. The van der Waals surface area contributed by atoms with Crippen molar-refractivity contribution < 1.29 is 18.0 Å². The van der Waals surface area contributed by atoms with Gasteiger partial charge in [-0.25, -0.2) is 9.78 Å². The number of carbonyl (C=O) groups excluding carboxylic acids is 1. The molecule has 2 bridgehead atoms. The van der Waals surface area contributed by atoms with Gasteiger partial charge in [0, 0.05) is 18.8 Å². The molecular weight excluding hydrogens is 389 g/mol. The minimum atomic E-state index is -4.41. The Balaban J connectivity index is 1.38. The van der Waals surface area contributed by atoms with Gasteiger partial charge in [-0.05, 0) is 48.8 Å². The van der Waals surface area contributed by atoms with Crippen molar-refractivity contribution in [2.24, 2.45) is 11.8 Å². The lowest BCUT2D eigenvalue weighted by Gasteiger charge is -2.19. The molecule has 2 aliphatic rings. The lowest BCUT2D eigenvalue weighted by molar-refractivity contribution is -0.137. The number of benzene rings is 1. The molecule has 1 aromatic carbocycles. The summed E-state index contributed by atoms with van der Waals surface area (Å²) in [4.78, 5) is 18.1. The molecule has 1 amide bonds. The van der Waals surface area contributed by atoms with Gasteiger partial charge in [-0.3, -0.25) is 0 Å². The van der Waals surface area contributed by atoms with E-state index < -0.39 is 17.8 Å². The zero-order valence-corrected chi connectivity index (χ0v) is 16.2. The van der Waals surface area contributed by atoms with Gasteiger partial charge >= 0.3 is 12.2 Å². The van der Waals surface area contributed by atoms with Gasteiger partial charge in [0.15, 0.2) is 0 Å². The van der Waals surface area contributed by atoms with Crippen molar-refractivity contribution in [1.82, 2.24) is 19.7 Å². The van der Waals surface area contributed by atoms with E-state index in [2.05, 4.69) is 10.1 Å². The van der Waals surface area contributed by atoms with E-state index in [1.54, 1.807) is 17.8 Å². The molecule has 2 aromatic rings. The lowest BCUT2D eigenvalue weighted by atomic mass is 10.0. The van der Waals surface area contributed by atoms with Crippen LogP contribution in [0.15, 0.2) is 35.7 Å². The maximum atomic E-state index is 12.8. The van der Waals surface area contributed by atoms with Gasteiger partial charge in [-0.1, -0.05) is 30.3 Å². The highest BCUT2D eigenvalue weighted by molar-refractivity contribution is 7.99. The Hall–Kier alpha value is -2.03. The zero-order chi connectivity index (χ0) is 19.9. The maximum absolute atomic E-state index is 12.8. The smallest absolute Gasteiger partial charge is 0.322 e. The van der Waals surface area contributed by atoms with Gasteiger partial charge in [0.2, 0.25) is 5.16 Å². The van der Waals surface area contributed by atoms with Gasteiger partial charge in [0.05, 0.1) is 5.56 Å². The van der Waals surface area contributed by atoms with Crippen molar-refractivity contribution in [3.63, 3.8) is 0 Å². The van der Waals surface area contributed by atoms with Crippen LogP contribution in [0.5, 0.6) is 0 Å². The fourth-order valence-electron chi connectivity index (χ4n) is 4.22. The van der Waals surface area contributed by atoms with Crippen LogP contribution in [0.25, 0.3) is 0 Å². The highest BCUT2D eigenvalue weighted by Gasteiger charge is 2.40. The predicted molar refractivity (Wildman–Crippen MR) is 98.8 cm³/mol. The average Bonchev–Trinajstić information content (AvgIpc) is 3.38. The first kappa shape index (κ1) is 19.3. The summed E-state index contributed by atoms with van der Waals surface area (Å²) in [6.07, 6.45) is 2.03. The summed E-state index contributed by atoms with van der Waals surface area (Å²) < 4.78 is 39.7. The minimum absolute atomic E-state index is 0.0530. The molecule has 5 nitrogen and oxygen atoms in total. The molecule has 4 rings (SSSR count). The van der Waals surface area contributed by atoms with Crippen LogP contribution in [-0.2, 0) is 12.7 Å². The molecule has 0 radical (unpaired) electrons. The first-order chi connectivity index (χ1) is 13.3. The molecule has 3 atom stereocenters. The van der Waals surface area contributed by atoms with Crippen LogP contribution in [0.3, 0.4) is 0 Å². The number of halogens is 3. The third-order valence-corrected chi connectivity index (χ3v) is 6.88. The van der Waals surface area contributed by atoms with Crippen molar-refractivity contribution in [3.05, 3.63) is 41.7 Å². The van der Waals surface area contributed by atoms with E-state index in [0.29, 0.717) is 16.0 Å². The Bertz CT molecular complexity index is 869. The standard InChI is InChI=1S/C19H21F3N4OS/c1-25(10-13-3-2-4-15(8-13)19(20,21)22)18(27)26-11-23-17(24-26)28-16-9-12-5-6-14(16)7-12/h2-4,8,11-12,14,16H,5-7,9-10H2,1H3/t12-,14-,16-/m1/s1. The second-order valence-electron chi connectivity index (χ2n) is 7.64. The molecule has 0 saturated heterocycles. The summed E-state index contributed by atoms with van der Waals surface area (Å²) in [6.45, 7) is 0.0530. The summed E-state index contributed by atoms with van der Waals surface area (Å²) in [5.41, 5.74) is -0.321. The van der Waals surface area contributed by atoms with E-state index >= 15 is 0 Å². The van der Waals surface area contributed by atoms with E-state index in [1.807, 2.05) is 0 Å². The Labute approximate surface area is 165 Å². The number of carbonyl (C=O) groups is 1. The third-order valence-electron chi connectivity index (χ3n) is 5.60. The normalized spacial score (nSPS) is 23.9. The molecule has 1 aromatic heterocycles. The Kier molecular flexibility index (Phi) is 5.11. The molecular formula is C19H21F3N4OS. The number of amides is 1. The lowest BCUT2D eigenvalue weighted by Crippen LogP contribution is -2.31. The van der Waals surface area contributed by atoms with Gasteiger partial charge in [-0.15, -0.1) is 5.10 Å². The van der Waals surface area contributed by atoms with Crippen LogP contribution >= 0.6 is 11.8 Å². The largest absolute Gasteiger partial charge is 0.416 e. The topological polar surface area (TPSA) is 51.0 Å². The summed E-state index contributed by atoms with van der Waals surface area (Å²) in [5, 5.41) is 5.38. The summed E-state index contributed by atoms with van der Waals surface area (Å²) >= 11 is 1.63. The number of rotatable bonds is 4. The van der Waals surface area contributed by atoms with Crippen LogP contribution in [0, 0.1) is 11.8 Å². The van der Waals surface area contributed by atoms with Crippen LogP contribution < -0.4 is 0 Å². The molecule has 0 aliphatic heterocycles. The number of thioether (sulfide) groups is 1. The molecule has 2 fully saturated rings. The van der Waals surface area contributed by atoms with Crippen molar-refractivity contribution >= 4 is 17.8 Å². The summed E-state index contributed by atoms with van der Waals surface area (Å²) in [5.74, 6) is 1.55. The molecule has 2 aliphatic carbocycles. The second kappa shape index (κ2) is 7.42. The fourth-order valence-corrected chi connectivity index (χ4v) is 5.54. The number of nitrogens with zero attached hydrogens (tertiary/aromatic N) is 4. The van der Waals surface area contributed by atoms with Crippen LogP contribution in [0.4, 0.5) is 18.0 Å². The fraction of sp³-hybridized carbons (Fsp3) is 0.526. The number of hydrogen-bond acceptors (Lipinski definition) is 4. The van der Waals surface area contributed by atoms with Crippen molar-refractivity contribution in [2.75, 3.05) is 7.05 Å². The monoisotopic (exact) mass is 410 g/mol. The van der Waals surface area contributed by atoms with Gasteiger partial charge in [0.1, 0.15) is 6.33 Å². The van der Waals surface area contributed by atoms with Crippen LogP contribution in [0.1, 0.15) is 36.8 Å². The van der Waals surface area contributed by atoms with E-state index in [1.165, 1.54) is 50.0 Å².